The van der Waals surface area contributed by atoms with E-state index in [1.165, 1.54) is 12.8 Å². The molecular formula is C12H20O4. The molecule has 2 fully saturated rings. The molecule has 0 aromatic rings. The lowest BCUT2D eigenvalue weighted by molar-refractivity contribution is -0.142. The van der Waals surface area contributed by atoms with Gasteiger partial charge in [0.2, 0.25) is 0 Å². The van der Waals surface area contributed by atoms with Gasteiger partial charge in [0.1, 0.15) is 6.61 Å². The summed E-state index contributed by atoms with van der Waals surface area (Å²) in [6.45, 7) is 0.372. The van der Waals surface area contributed by atoms with Crippen LogP contribution in [0.5, 0.6) is 0 Å². The predicted octanol–water partition coefficient (Wildman–Crippen LogP) is 1.27. The summed E-state index contributed by atoms with van der Waals surface area (Å²) in [4.78, 5) is 10.2. The molecule has 2 rings (SSSR count). The van der Waals surface area contributed by atoms with Gasteiger partial charge in [-0.15, -0.1) is 0 Å². The van der Waals surface area contributed by atoms with Crippen molar-refractivity contribution in [2.75, 3.05) is 13.2 Å². The molecule has 0 spiro atoms. The molecule has 4 nitrogen and oxygen atoms in total. The first-order valence-electron chi connectivity index (χ1n) is 6.12. The lowest BCUT2D eigenvalue weighted by atomic mass is 10.00. The zero-order chi connectivity index (χ0) is 11.5. The number of carboxylic acid groups (broad SMARTS) is 1. The number of rotatable bonds is 5. The van der Waals surface area contributed by atoms with E-state index in [1.807, 2.05) is 0 Å². The minimum Gasteiger partial charge on any atom is -0.480 e. The molecule has 2 aliphatic rings. The van der Waals surface area contributed by atoms with Gasteiger partial charge < -0.3 is 14.9 Å². The molecule has 0 aliphatic heterocycles. The van der Waals surface area contributed by atoms with Crippen molar-refractivity contribution in [2.24, 2.45) is 17.8 Å². The maximum absolute atomic E-state index is 10.2. The fraction of sp³-hybridized carbons (Fsp3) is 0.917. The summed E-state index contributed by atoms with van der Waals surface area (Å²) in [6.07, 6.45) is 5.22. The predicted molar refractivity (Wildman–Crippen MR) is 58.0 cm³/mol. The minimum atomic E-state index is -0.897. The van der Waals surface area contributed by atoms with Gasteiger partial charge in [-0.05, 0) is 49.9 Å². The SMILES string of the molecule is O=C(O)COCCC1C[C@@H]2C[C@@H](O)C[C@@H]2C1. The summed E-state index contributed by atoms with van der Waals surface area (Å²) >= 11 is 0. The standard InChI is InChI=1S/C12H20O4/c13-11-5-9-3-8(4-10(9)6-11)1-2-16-7-12(14)15/h8-11,13H,1-7H2,(H,14,15)/t8?,9-,10+,11-. The van der Waals surface area contributed by atoms with Crippen molar-refractivity contribution in [1.29, 1.82) is 0 Å². The number of hydrogen-bond acceptors (Lipinski definition) is 3. The molecule has 4 atom stereocenters. The summed E-state index contributed by atoms with van der Waals surface area (Å²) in [7, 11) is 0. The number of aliphatic carboxylic acids is 1. The quantitative estimate of drug-likeness (QED) is 0.695. The average Bonchev–Trinajstić information content (AvgIpc) is 2.68. The highest BCUT2D eigenvalue weighted by Crippen LogP contribution is 2.47. The van der Waals surface area contributed by atoms with Crippen LogP contribution in [-0.2, 0) is 9.53 Å². The molecule has 16 heavy (non-hydrogen) atoms. The van der Waals surface area contributed by atoms with E-state index in [4.69, 9.17) is 9.84 Å². The van der Waals surface area contributed by atoms with Crippen LogP contribution in [0.2, 0.25) is 0 Å². The summed E-state index contributed by atoms with van der Waals surface area (Å²) < 4.78 is 5.05. The Hall–Kier alpha value is -0.610. The first-order valence-corrected chi connectivity index (χ1v) is 6.12. The molecule has 2 saturated carbocycles. The van der Waals surface area contributed by atoms with Gasteiger partial charge in [0, 0.05) is 6.61 Å². The topological polar surface area (TPSA) is 66.8 Å². The number of fused-ring (bicyclic) bond motifs is 1. The van der Waals surface area contributed by atoms with E-state index in [9.17, 15) is 9.90 Å². The highest BCUT2D eigenvalue weighted by molar-refractivity contribution is 5.67. The van der Waals surface area contributed by atoms with Crippen molar-refractivity contribution in [3.8, 4) is 0 Å². The third-order valence-electron chi connectivity index (χ3n) is 3.98. The van der Waals surface area contributed by atoms with E-state index >= 15 is 0 Å². The number of carbonyl (C=O) groups is 1. The Labute approximate surface area is 95.6 Å². The van der Waals surface area contributed by atoms with Gasteiger partial charge in [-0.25, -0.2) is 4.79 Å². The van der Waals surface area contributed by atoms with Crippen LogP contribution >= 0.6 is 0 Å². The fourth-order valence-electron chi connectivity index (χ4n) is 3.36. The van der Waals surface area contributed by atoms with Crippen molar-refractivity contribution < 1.29 is 19.7 Å². The zero-order valence-corrected chi connectivity index (χ0v) is 9.47. The van der Waals surface area contributed by atoms with E-state index < -0.39 is 5.97 Å². The Balaban J connectivity index is 1.61. The highest BCUT2D eigenvalue weighted by Gasteiger charge is 2.40. The van der Waals surface area contributed by atoms with Crippen molar-refractivity contribution in [3.63, 3.8) is 0 Å². The highest BCUT2D eigenvalue weighted by atomic mass is 16.5. The van der Waals surface area contributed by atoms with E-state index in [0.29, 0.717) is 24.4 Å². The van der Waals surface area contributed by atoms with E-state index in [2.05, 4.69) is 0 Å². The maximum Gasteiger partial charge on any atom is 0.329 e. The first kappa shape index (κ1) is 11.9. The average molecular weight is 228 g/mol. The minimum absolute atomic E-state index is 0.0702. The molecule has 0 amide bonds. The van der Waals surface area contributed by atoms with Crippen LogP contribution in [0, 0.1) is 17.8 Å². The van der Waals surface area contributed by atoms with E-state index in [0.717, 1.165) is 19.3 Å². The van der Waals surface area contributed by atoms with E-state index in [1.54, 1.807) is 0 Å². The monoisotopic (exact) mass is 228 g/mol. The van der Waals surface area contributed by atoms with Crippen LogP contribution in [-0.4, -0.2) is 35.5 Å². The molecule has 0 aromatic carbocycles. The Morgan fingerprint density at radius 3 is 2.38 bits per heavy atom. The summed E-state index contributed by atoms with van der Waals surface area (Å²) in [5, 5.41) is 17.9. The molecule has 92 valence electrons. The Bertz CT molecular complexity index is 239. The normalized spacial score (nSPS) is 37.6. The van der Waals surface area contributed by atoms with E-state index in [-0.39, 0.29) is 12.7 Å². The molecule has 0 heterocycles. The van der Waals surface area contributed by atoms with Crippen LogP contribution < -0.4 is 0 Å². The van der Waals surface area contributed by atoms with Crippen molar-refractivity contribution in [1.82, 2.24) is 0 Å². The van der Waals surface area contributed by atoms with Crippen molar-refractivity contribution >= 4 is 5.97 Å². The maximum atomic E-state index is 10.2. The van der Waals surface area contributed by atoms with Crippen LogP contribution in [0.3, 0.4) is 0 Å². The summed E-state index contributed by atoms with van der Waals surface area (Å²) in [6, 6.07) is 0. The number of aliphatic hydroxyl groups is 1. The van der Waals surface area contributed by atoms with Gasteiger partial charge >= 0.3 is 5.97 Å². The summed E-state index contributed by atoms with van der Waals surface area (Å²) in [5.74, 6) is 1.20. The molecule has 0 saturated heterocycles. The first-order chi connectivity index (χ1) is 7.65. The second kappa shape index (κ2) is 5.15. The lowest BCUT2D eigenvalue weighted by Crippen LogP contribution is -2.10. The van der Waals surface area contributed by atoms with Gasteiger partial charge in [-0.3, -0.25) is 0 Å². The molecule has 0 radical (unpaired) electrons. The Morgan fingerprint density at radius 1 is 1.19 bits per heavy atom. The van der Waals surface area contributed by atoms with Crippen LogP contribution in [0.15, 0.2) is 0 Å². The number of ether oxygens (including phenoxy) is 1. The van der Waals surface area contributed by atoms with Crippen LogP contribution in [0.1, 0.15) is 32.1 Å². The number of hydrogen-bond donors (Lipinski definition) is 2. The van der Waals surface area contributed by atoms with Gasteiger partial charge in [-0.2, -0.15) is 0 Å². The van der Waals surface area contributed by atoms with Gasteiger partial charge in [-0.1, -0.05) is 0 Å². The Kier molecular flexibility index (Phi) is 3.82. The number of carboxylic acids is 1. The third-order valence-corrected chi connectivity index (χ3v) is 3.98. The van der Waals surface area contributed by atoms with Crippen LogP contribution in [0.25, 0.3) is 0 Å². The van der Waals surface area contributed by atoms with Gasteiger partial charge in [0.15, 0.2) is 0 Å². The number of aliphatic hydroxyl groups excluding tert-OH is 1. The largest absolute Gasteiger partial charge is 0.480 e. The Morgan fingerprint density at radius 2 is 1.81 bits per heavy atom. The molecule has 1 unspecified atom stereocenters. The van der Waals surface area contributed by atoms with Crippen LogP contribution in [0.4, 0.5) is 0 Å². The molecule has 4 heteroatoms. The van der Waals surface area contributed by atoms with Gasteiger partial charge in [0.25, 0.3) is 0 Å². The lowest BCUT2D eigenvalue weighted by Gasteiger charge is -2.11. The smallest absolute Gasteiger partial charge is 0.329 e. The van der Waals surface area contributed by atoms with Gasteiger partial charge in [0.05, 0.1) is 6.10 Å². The zero-order valence-electron chi connectivity index (χ0n) is 9.47. The second-order valence-corrected chi connectivity index (χ2v) is 5.22. The summed E-state index contributed by atoms with van der Waals surface area (Å²) in [5.41, 5.74) is 0. The molecule has 2 aliphatic carbocycles. The molecule has 0 aromatic heterocycles. The fourth-order valence-corrected chi connectivity index (χ4v) is 3.36. The second-order valence-electron chi connectivity index (χ2n) is 5.22. The molecule has 0 bridgehead atoms. The van der Waals surface area contributed by atoms with Crippen molar-refractivity contribution in [3.05, 3.63) is 0 Å². The molecule has 2 N–H and O–H groups in total. The molecular weight excluding hydrogens is 208 g/mol. The van der Waals surface area contributed by atoms with Crippen molar-refractivity contribution in [2.45, 2.75) is 38.2 Å². The third kappa shape index (κ3) is 2.95.